The number of nitrogens with one attached hydrogen (secondary N) is 1. The number of ether oxygens (including phenoxy) is 1. The third-order valence-electron chi connectivity index (χ3n) is 2.87. The normalized spacial score (nSPS) is 25.9. The zero-order valence-corrected chi connectivity index (χ0v) is 8.72. The van der Waals surface area contributed by atoms with Crippen molar-refractivity contribution >= 4 is 5.91 Å². The molecule has 1 amide bonds. The molecule has 1 fully saturated rings. The molecule has 3 heteroatoms. The van der Waals surface area contributed by atoms with Crippen molar-refractivity contribution in [1.29, 1.82) is 0 Å². The van der Waals surface area contributed by atoms with Crippen LogP contribution in [-0.2, 0) is 9.53 Å². The molecule has 3 nitrogen and oxygen atoms in total. The van der Waals surface area contributed by atoms with Crippen molar-refractivity contribution < 1.29 is 9.53 Å². The molecule has 0 saturated heterocycles. The van der Waals surface area contributed by atoms with Crippen molar-refractivity contribution in [2.45, 2.75) is 39.2 Å². The molecule has 1 saturated carbocycles. The Labute approximate surface area is 79.8 Å². The summed E-state index contributed by atoms with van der Waals surface area (Å²) in [6.45, 7) is 4.59. The van der Waals surface area contributed by atoms with E-state index in [-0.39, 0.29) is 17.9 Å². The Morgan fingerprint density at radius 2 is 2.31 bits per heavy atom. The molecule has 1 unspecified atom stereocenters. The number of carbonyl (C=O) groups excluding carboxylic acids is 1. The predicted octanol–water partition coefficient (Wildman–Crippen LogP) is 1.33. The predicted molar refractivity (Wildman–Crippen MR) is 51.4 cm³/mol. The molecule has 1 atom stereocenters. The highest BCUT2D eigenvalue weighted by Gasteiger charge is 2.35. The van der Waals surface area contributed by atoms with Crippen LogP contribution < -0.4 is 5.32 Å². The van der Waals surface area contributed by atoms with Crippen LogP contribution in [0, 0.1) is 5.41 Å². The van der Waals surface area contributed by atoms with Gasteiger partial charge in [0.2, 0.25) is 5.91 Å². The molecule has 1 N–H and O–H groups in total. The molecule has 13 heavy (non-hydrogen) atoms. The fraction of sp³-hybridized carbons (Fsp3) is 0.900. The monoisotopic (exact) mass is 185 g/mol. The summed E-state index contributed by atoms with van der Waals surface area (Å²) in [5.74, 6) is 0.00229. The minimum absolute atomic E-state index is 0.00229. The Kier molecular flexibility index (Phi) is 3.31. The smallest absolute Gasteiger partial charge is 0.246 e. The Balaban J connectivity index is 2.40. The van der Waals surface area contributed by atoms with Gasteiger partial charge in [0.1, 0.15) is 6.61 Å². The average Bonchev–Trinajstić information content (AvgIpc) is 2.31. The minimum atomic E-state index is 0.00229. The van der Waals surface area contributed by atoms with E-state index in [2.05, 4.69) is 19.2 Å². The minimum Gasteiger partial charge on any atom is -0.375 e. The fourth-order valence-electron chi connectivity index (χ4n) is 1.96. The molecule has 0 bridgehead atoms. The van der Waals surface area contributed by atoms with Gasteiger partial charge in [0.15, 0.2) is 0 Å². The Hall–Kier alpha value is -0.570. The van der Waals surface area contributed by atoms with Crippen molar-refractivity contribution in [3.8, 4) is 0 Å². The van der Waals surface area contributed by atoms with E-state index in [9.17, 15) is 4.79 Å². The topological polar surface area (TPSA) is 38.3 Å². The highest BCUT2D eigenvalue weighted by molar-refractivity contribution is 5.77. The van der Waals surface area contributed by atoms with Crippen LogP contribution in [0.15, 0.2) is 0 Å². The van der Waals surface area contributed by atoms with Gasteiger partial charge in [-0.3, -0.25) is 4.79 Å². The lowest BCUT2D eigenvalue weighted by molar-refractivity contribution is -0.126. The molecule has 0 aromatic rings. The van der Waals surface area contributed by atoms with Gasteiger partial charge in [-0.05, 0) is 18.3 Å². The van der Waals surface area contributed by atoms with Crippen LogP contribution in [-0.4, -0.2) is 25.7 Å². The first kappa shape index (κ1) is 10.5. The molecule has 0 spiro atoms. The Morgan fingerprint density at radius 1 is 1.62 bits per heavy atom. The number of amides is 1. The first-order valence-corrected chi connectivity index (χ1v) is 4.84. The van der Waals surface area contributed by atoms with Crippen LogP contribution in [0.5, 0.6) is 0 Å². The van der Waals surface area contributed by atoms with E-state index in [4.69, 9.17) is 4.74 Å². The zero-order valence-electron chi connectivity index (χ0n) is 8.72. The van der Waals surface area contributed by atoms with Crippen molar-refractivity contribution in [3.63, 3.8) is 0 Å². The summed E-state index contributed by atoms with van der Waals surface area (Å²) < 4.78 is 4.77. The van der Waals surface area contributed by atoms with Crippen LogP contribution in [0.1, 0.15) is 33.1 Å². The van der Waals surface area contributed by atoms with Crippen molar-refractivity contribution in [2.24, 2.45) is 5.41 Å². The lowest BCUT2D eigenvalue weighted by Crippen LogP contribution is -2.42. The van der Waals surface area contributed by atoms with Gasteiger partial charge >= 0.3 is 0 Å². The van der Waals surface area contributed by atoms with E-state index in [1.165, 1.54) is 12.8 Å². The van der Waals surface area contributed by atoms with Crippen LogP contribution in [0.4, 0.5) is 0 Å². The summed E-state index contributed by atoms with van der Waals surface area (Å²) in [5, 5.41) is 3.01. The largest absolute Gasteiger partial charge is 0.375 e. The second-order valence-electron chi connectivity index (χ2n) is 4.43. The first-order chi connectivity index (χ1) is 6.06. The maximum atomic E-state index is 11.3. The highest BCUT2D eigenvalue weighted by atomic mass is 16.5. The van der Waals surface area contributed by atoms with Crippen LogP contribution >= 0.6 is 0 Å². The first-order valence-electron chi connectivity index (χ1n) is 4.84. The molecule has 0 aromatic carbocycles. The SMILES string of the molecule is COCC(=O)NC1CCCC1(C)C. The summed E-state index contributed by atoms with van der Waals surface area (Å²) in [5.41, 5.74) is 0.253. The van der Waals surface area contributed by atoms with E-state index >= 15 is 0 Å². The number of hydrogen-bond donors (Lipinski definition) is 1. The van der Waals surface area contributed by atoms with Gasteiger partial charge < -0.3 is 10.1 Å². The van der Waals surface area contributed by atoms with E-state index < -0.39 is 0 Å². The molecule has 1 aliphatic rings. The van der Waals surface area contributed by atoms with Gasteiger partial charge in [-0.2, -0.15) is 0 Å². The van der Waals surface area contributed by atoms with Gasteiger partial charge in [0, 0.05) is 13.2 Å². The molecule has 0 aliphatic heterocycles. The number of carbonyl (C=O) groups is 1. The molecular weight excluding hydrogens is 166 g/mol. The molecule has 0 radical (unpaired) electrons. The summed E-state index contributed by atoms with van der Waals surface area (Å²) in [6.07, 6.45) is 3.51. The van der Waals surface area contributed by atoms with Crippen LogP contribution in [0.25, 0.3) is 0 Å². The summed E-state index contributed by atoms with van der Waals surface area (Å²) in [6, 6.07) is 0.329. The molecular formula is C10H19NO2. The second-order valence-corrected chi connectivity index (χ2v) is 4.43. The van der Waals surface area contributed by atoms with Gasteiger partial charge in [-0.1, -0.05) is 20.3 Å². The fourth-order valence-corrected chi connectivity index (χ4v) is 1.96. The average molecular weight is 185 g/mol. The zero-order chi connectivity index (χ0) is 9.90. The van der Waals surface area contributed by atoms with Gasteiger partial charge in [-0.25, -0.2) is 0 Å². The molecule has 1 aliphatic carbocycles. The lowest BCUT2D eigenvalue weighted by Gasteiger charge is -2.27. The quantitative estimate of drug-likeness (QED) is 0.720. The van der Waals surface area contributed by atoms with Crippen molar-refractivity contribution in [1.82, 2.24) is 5.32 Å². The van der Waals surface area contributed by atoms with Gasteiger partial charge in [0.25, 0.3) is 0 Å². The molecule has 1 rings (SSSR count). The Bertz CT molecular complexity index is 189. The second kappa shape index (κ2) is 4.09. The maximum absolute atomic E-state index is 11.3. The van der Waals surface area contributed by atoms with E-state index in [0.717, 1.165) is 6.42 Å². The van der Waals surface area contributed by atoms with E-state index in [0.29, 0.717) is 6.04 Å². The summed E-state index contributed by atoms with van der Waals surface area (Å²) >= 11 is 0. The van der Waals surface area contributed by atoms with E-state index in [1.54, 1.807) is 7.11 Å². The highest BCUT2D eigenvalue weighted by Crippen LogP contribution is 2.36. The summed E-state index contributed by atoms with van der Waals surface area (Å²) in [7, 11) is 1.54. The lowest BCUT2D eigenvalue weighted by atomic mass is 9.87. The van der Waals surface area contributed by atoms with Crippen molar-refractivity contribution in [2.75, 3.05) is 13.7 Å². The van der Waals surface area contributed by atoms with Crippen LogP contribution in [0.3, 0.4) is 0 Å². The number of methoxy groups -OCH3 is 1. The molecule has 76 valence electrons. The van der Waals surface area contributed by atoms with Gasteiger partial charge in [-0.15, -0.1) is 0 Å². The Morgan fingerprint density at radius 3 is 2.77 bits per heavy atom. The maximum Gasteiger partial charge on any atom is 0.246 e. The van der Waals surface area contributed by atoms with Crippen LogP contribution in [0.2, 0.25) is 0 Å². The molecule has 0 heterocycles. The summed E-state index contributed by atoms with van der Waals surface area (Å²) in [4.78, 5) is 11.3. The molecule has 0 aromatic heterocycles. The third kappa shape index (κ3) is 2.69. The third-order valence-corrected chi connectivity index (χ3v) is 2.87. The van der Waals surface area contributed by atoms with Crippen molar-refractivity contribution in [3.05, 3.63) is 0 Å². The standard InChI is InChI=1S/C10H19NO2/c1-10(2)6-4-5-8(10)11-9(12)7-13-3/h8H,4-7H2,1-3H3,(H,11,12). The number of hydrogen-bond acceptors (Lipinski definition) is 2. The van der Waals surface area contributed by atoms with Gasteiger partial charge in [0.05, 0.1) is 0 Å². The number of rotatable bonds is 3. The van der Waals surface area contributed by atoms with E-state index in [1.807, 2.05) is 0 Å².